The van der Waals surface area contributed by atoms with Crippen molar-refractivity contribution >= 4 is 21.0 Å². The van der Waals surface area contributed by atoms with E-state index in [0.29, 0.717) is 37.1 Å². The van der Waals surface area contributed by atoms with Crippen LogP contribution in [-0.2, 0) is 22.8 Å². The number of aromatic nitrogens is 4. The minimum Gasteiger partial charge on any atom is -0.497 e. The van der Waals surface area contributed by atoms with Gasteiger partial charge in [-0.25, -0.2) is 27.8 Å². The molecule has 0 spiro atoms. The van der Waals surface area contributed by atoms with Crippen LogP contribution in [0.4, 0.5) is 4.39 Å². The monoisotopic (exact) mass is 509 g/mol. The zero-order valence-electron chi connectivity index (χ0n) is 20.0. The Morgan fingerprint density at radius 2 is 1.72 bits per heavy atom. The maximum absolute atomic E-state index is 13.7. The molecule has 4 aromatic rings. The van der Waals surface area contributed by atoms with E-state index in [1.165, 1.54) is 30.2 Å². The standard InChI is InChI=1S/C26H28FN5O3S/c1-35-22-8-4-19(5-9-22)10-13-31-14-11-23(12-15-31)36(33,34)26-30-24-16-28-18-29-25(24)32(26)17-20-2-6-21(27)7-3-20/h2-9,16,18,23H,10-15,17H2,1H3. The highest BCUT2D eigenvalue weighted by Gasteiger charge is 2.35. The summed E-state index contributed by atoms with van der Waals surface area (Å²) in [5.74, 6) is 0.490. The Balaban J connectivity index is 1.30. The molecular formula is C26H28FN5O3S. The third kappa shape index (κ3) is 5.10. The number of piperidine rings is 1. The molecule has 1 aliphatic rings. The zero-order chi connectivity index (χ0) is 25.1. The van der Waals surface area contributed by atoms with Gasteiger partial charge in [0.25, 0.3) is 0 Å². The number of halogens is 1. The highest BCUT2D eigenvalue weighted by atomic mass is 32.2. The lowest BCUT2D eigenvalue weighted by molar-refractivity contribution is 0.232. The summed E-state index contributed by atoms with van der Waals surface area (Å²) in [6.07, 6.45) is 4.87. The lowest BCUT2D eigenvalue weighted by atomic mass is 10.1. The summed E-state index contributed by atoms with van der Waals surface area (Å²) in [6, 6.07) is 14.0. The first-order valence-corrected chi connectivity index (χ1v) is 13.5. The molecule has 2 aromatic heterocycles. The van der Waals surface area contributed by atoms with Gasteiger partial charge in [0.2, 0.25) is 15.0 Å². The fourth-order valence-electron chi connectivity index (χ4n) is 4.66. The Bertz CT molecular complexity index is 1430. The van der Waals surface area contributed by atoms with Gasteiger partial charge in [-0.2, -0.15) is 0 Å². The van der Waals surface area contributed by atoms with Crippen molar-refractivity contribution in [2.24, 2.45) is 0 Å². The molecule has 8 nitrogen and oxygen atoms in total. The largest absolute Gasteiger partial charge is 0.497 e. The Labute approximate surface area is 209 Å². The van der Waals surface area contributed by atoms with Crippen LogP contribution >= 0.6 is 0 Å². The fourth-order valence-corrected chi connectivity index (χ4v) is 6.47. The summed E-state index contributed by atoms with van der Waals surface area (Å²) in [4.78, 5) is 15.0. The van der Waals surface area contributed by atoms with Gasteiger partial charge in [-0.3, -0.25) is 4.57 Å². The summed E-state index contributed by atoms with van der Waals surface area (Å²) in [5.41, 5.74) is 2.86. The molecule has 1 fully saturated rings. The summed E-state index contributed by atoms with van der Waals surface area (Å²) in [7, 11) is -2.06. The zero-order valence-corrected chi connectivity index (χ0v) is 20.9. The molecular weight excluding hydrogens is 481 g/mol. The van der Waals surface area contributed by atoms with E-state index in [-0.39, 0.29) is 17.5 Å². The predicted molar refractivity (Wildman–Crippen MR) is 134 cm³/mol. The van der Waals surface area contributed by atoms with Crippen molar-refractivity contribution in [2.75, 3.05) is 26.7 Å². The summed E-state index contributed by atoms with van der Waals surface area (Å²) in [6.45, 7) is 2.51. The van der Waals surface area contributed by atoms with Crippen LogP contribution in [0.5, 0.6) is 5.75 Å². The molecule has 0 N–H and O–H groups in total. The second-order valence-corrected chi connectivity index (χ2v) is 11.1. The third-order valence-corrected chi connectivity index (χ3v) is 8.90. The van der Waals surface area contributed by atoms with E-state index >= 15 is 0 Å². The number of hydrogen-bond acceptors (Lipinski definition) is 7. The van der Waals surface area contributed by atoms with E-state index in [1.54, 1.807) is 23.8 Å². The average Bonchev–Trinajstić information content (AvgIpc) is 3.28. The number of likely N-dealkylation sites (tertiary alicyclic amines) is 1. The molecule has 0 saturated carbocycles. The summed E-state index contributed by atoms with van der Waals surface area (Å²) in [5, 5.41) is -0.523. The number of nitrogens with zero attached hydrogens (tertiary/aromatic N) is 5. The van der Waals surface area contributed by atoms with Gasteiger partial charge >= 0.3 is 0 Å². The first-order valence-electron chi connectivity index (χ1n) is 11.9. The number of benzene rings is 2. The lowest BCUT2D eigenvalue weighted by Gasteiger charge is -2.31. The first-order chi connectivity index (χ1) is 17.4. The van der Waals surface area contributed by atoms with Crippen LogP contribution in [0.25, 0.3) is 11.2 Å². The van der Waals surface area contributed by atoms with Gasteiger partial charge in [0.15, 0.2) is 5.65 Å². The molecule has 0 atom stereocenters. The molecule has 0 bridgehead atoms. The van der Waals surface area contributed by atoms with E-state index in [2.05, 4.69) is 32.0 Å². The van der Waals surface area contributed by atoms with Crippen molar-refractivity contribution in [1.82, 2.24) is 24.4 Å². The van der Waals surface area contributed by atoms with Gasteiger partial charge in [-0.1, -0.05) is 24.3 Å². The smallest absolute Gasteiger partial charge is 0.230 e. The maximum atomic E-state index is 13.7. The van der Waals surface area contributed by atoms with Crippen molar-refractivity contribution < 1.29 is 17.5 Å². The molecule has 5 rings (SSSR count). The Morgan fingerprint density at radius 1 is 1.03 bits per heavy atom. The molecule has 0 unspecified atom stereocenters. The first kappa shape index (κ1) is 24.3. The molecule has 2 aromatic carbocycles. The van der Waals surface area contributed by atoms with E-state index < -0.39 is 15.1 Å². The molecule has 1 saturated heterocycles. The minimum atomic E-state index is -3.71. The second-order valence-electron chi connectivity index (χ2n) is 9.02. The number of ether oxygens (including phenoxy) is 1. The Kier molecular flexibility index (Phi) is 6.97. The number of hydrogen-bond donors (Lipinski definition) is 0. The lowest BCUT2D eigenvalue weighted by Crippen LogP contribution is -2.40. The van der Waals surface area contributed by atoms with Crippen LogP contribution in [0.2, 0.25) is 0 Å². The number of sulfone groups is 1. The van der Waals surface area contributed by atoms with E-state index in [9.17, 15) is 12.8 Å². The number of imidazole rings is 1. The number of fused-ring (bicyclic) bond motifs is 1. The van der Waals surface area contributed by atoms with E-state index in [4.69, 9.17) is 4.74 Å². The molecule has 0 radical (unpaired) electrons. The quantitative estimate of drug-likeness (QED) is 0.359. The van der Waals surface area contributed by atoms with E-state index in [1.807, 2.05) is 12.1 Å². The SMILES string of the molecule is COc1ccc(CCN2CCC(S(=O)(=O)c3nc4cncnc4n3Cc3ccc(F)cc3)CC2)cc1. The number of methoxy groups -OCH3 is 1. The molecule has 188 valence electrons. The van der Waals surface area contributed by atoms with Crippen LogP contribution in [0.3, 0.4) is 0 Å². The molecule has 0 amide bonds. The van der Waals surface area contributed by atoms with Gasteiger partial charge in [0.1, 0.15) is 23.4 Å². The number of rotatable bonds is 8. The van der Waals surface area contributed by atoms with Gasteiger partial charge in [0, 0.05) is 6.54 Å². The molecule has 3 heterocycles. The summed E-state index contributed by atoms with van der Waals surface area (Å²) >= 11 is 0. The van der Waals surface area contributed by atoms with Crippen LogP contribution < -0.4 is 4.74 Å². The molecule has 10 heteroatoms. The van der Waals surface area contributed by atoms with Crippen molar-refractivity contribution in [3.63, 3.8) is 0 Å². The van der Waals surface area contributed by atoms with Crippen molar-refractivity contribution in [2.45, 2.75) is 36.2 Å². The van der Waals surface area contributed by atoms with Gasteiger partial charge in [-0.15, -0.1) is 0 Å². The topological polar surface area (TPSA) is 90.2 Å². The Hall–Kier alpha value is -3.37. The van der Waals surface area contributed by atoms with Crippen LogP contribution in [0, 0.1) is 5.82 Å². The predicted octanol–water partition coefficient (Wildman–Crippen LogP) is 3.50. The maximum Gasteiger partial charge on any atom is 0.230 e. The normalized spacial score (nSPS) is 15.4. The highest BCUT2D eigenvalue weighted by molar-refractivity contribution is 7.91. The third-order valence-electron chi connectivity index (χ3n) is 6.73. The van der Waals surface area contributed by atoms with Gasteiger partial charge < -0.3 is 9.64 Å². The van der Waals surface area contributed by atoms with Crippen molar-refractivity contribution in [3.8, 4) is 5.75 Å². The molecule has 0 aliphatic carbocycles. The second kappa shape index (κ2) is 10.3. The van der Waals surface area contributed by atoms with E-state index in [0.717, 1.165) is 24.3 Å². The average molecular weight is 510 g/mol. The van der Waals surface area contributed by atoms with Crippen molar-refractivity contribution in [3.05, 3.63) is 78.0 Å². The van der Waals surface area contributed by atoms with Gasteiger partial charge in [0.05, 0.1) is 25.1 Å². The fraction of sp³-hybridized carbons (Fsp3) is 0.346. The Morgan fingerprint density at radius 3 is 2.42 bits per heavy atom. The summed E-state index contributed by atoms with van der Waals surface area (Å²) < 4.78 is 47.7. The molecule has 1 aliphatic heterocycles. The van der Waals surface area contributed by atoms with Crippen LogP contribution in [0.1, 0.15) is 24.0 Å². The van der Waals surface area contributed by atoms with Crippen LogP contribution in [0.15, 0.2) is 66.2 Å². The van der Waals surface area contributed by atoms with Crippen molar-refractivity contribution in [1.29, 1.82) is 0 Å². The van der Waals surface area contributed by atoms with Gasteiger partial charge in [-0.05, 0) is 67.7 Å². The minimum absolute atomic E-state index is 0.000919. The highest BCUT2D eigenvalue weighted by Crippen LogP contribution is 2.27. The van der Waals surface area contributed by atoms with Crippen LogP contribution in [-0.4, -0.2) is 64.8 Å². The molecule has 36 heavy (non-hydrogen) atoms.